The lowest BCUT2D eigenvalue weighted by molar-refractivity contribution is -0.126. The van der Waals surface area contributed by atoms with Crippen LogP contribution in [0.5, 0.6) is 0 Å². The van der Waals surface area contributed by atoms with Crippen LogP contribution in [0.2, 0.25) is 0 Å². The highest BCUT2D eigenvalue weighted by Gasteiger charge is 2.30. The Kier molecular flexibility index (Phi) is 5.90. The monoisotopic (exact) mass is 408 g/mol. The Morgan fingerprint density at radius 3 is 2.40 bits per heavy atom. The summed E-state index contributed by atoms with van der Waals surface area (Å²) in [4.78, 5) is 29.5. The number of aryl methyl sites for hydroxylation is 1. The summed E-state index contributed by atoms with van der Waals surface area (Å²) in [5.41, 5.74) is 3.15. The van der Waals surface area contributed by atoms with E-state index in [9.17, 15) is 14.0 Å². The quantitative estimate of drug-likeness (QED) is 0.782. The highest BCUT2D eigenvalue weighted by molar-refractivity contribution is 6.40. The summed E-state index contributed by atoms with van der Waals surface area (Å²) in [7, 11) is 0. The van der Waals surface area contributed by atoms with E-state index in [1.54, 1.807) is 12.1 Å². The van der Waals surface area contributed by atoms with Crippen LogP contribution in [0.25, 0.3) is 0 Å². The van der Waals surface area contributed by atoms with Crippen LogP contribution in [0, 0.1) is 12.7 Å². The Balaban J connectivity index is 1.40. The Morgan fingerprint density at radius 1 is 1.00 bits per heavy atom. The van der Waals surface area contributed by atoms with Gasteiger partial charge in [0.05, 0.1) is 5.69 Å². The van der Waals surface area contributed by atoms with Gasteiger partial charge in [-0.25, -0.2) is 9.40 Å². The molecule has 0 bridgehead atoms. The van der Waals surface area contributed by atoms with Gasteiger partial charge in [0.25, 0.3) is 5.91 Å². The highest BCUT2D eigenvalue weighted by Crippen LogP contribution is 2.24. The van der Waals surface area contributed by atoms with Crippen molar-refractivity contribution in [3.63, 3.8) is 0 Å². The van der Waals surface area contributed by atoms with Crippen LogP contribution in [0.15, 0.2) is 53.6 Å². The second-order valence-corrected chi connectivity index (χ2v) is 7.73. The molecule has 0 radical (unpaired) electrons. The molecular formula is C23H25FN4O2. The number of amides is 2. The number of halogens is 1. The lowest BCUT2D eigenvalue weighted by Gasteiger charge is -2.35. The lowest BCUT2D eigenvalue weighted by Crippen LogP contribution is -2.51. The number of anilines is 1. The first kappa shape index (κ1) is 20.2. The van der Waals surface area contributed by atoms with Gasteiger partial charge in [0, 0.05) is 45.6 Å². The Morgan fingerprint density at radius 2 is 1.70 bits per heavy atom. The topological polar surface area (TPSA) is 56.2 Å². The third-order valence-electron chi connectivity index (χ3n) is 5.60. The van der Waals surface area contributed by atoms with Crippen LogP contribution in [0.3, 0.4) is 0 Å². The van der Waals surface area contributed by atoms with E-state index in [0.717, 1.165) is 36.4 Å². The molecule has 0 N–H and O–H groups in total. The zero-order valence-electron chi connectivity index (χ0n) is 17.1. The summed E-state index contributed by atoms with van der Waals surface area (Å²) in [6.07, 6.45) is 0.652. The zero-order chi connectivity index (χ0) is 21.1. The van der Waals surface area contributed by atoms with Gasteiger partial charge in [-0.2, -0.15) is 5.10 Å². The van der Waals surface area contributed by atoms with Crippen LogP contribution < -0.4 is 5.01 Å². The maximum Gasteiger partial charge on any atom is 0.270 e. The van der Waals surface area contributed by atoms with Crippen molar-refractivity contribution in [2.24, 2.45) is 5.10 Å². The second kappa shape index (κ2) is 8.75. The standard InChI is InChI=1S/C23H25FN4O2/c1-17-4-2-3-5-21(17)28-22(29)11-10-20(25-28)23(30)27-14-12-26(13-15-27)16-18-6-8-19(24)9-7-18/h2-9H,10-16H2,1H3. The van der Waals surface area contributed by atoms with E-state index in [1.807, 2.05) is 36.1 Å². The highest BCUT2D eigenvalue weighted by atomic mass is 19.1. The lowest BCUT2D eigenvalue weighted by atomic mass is 10.1. The SMILES string of the molecule is Cc1ccccc1N1N=C(C(=O)N2CCN(Cc3ccc(F)cc3)CC2)CCC1=O. The summed E-state index contributed by atoms with van der Waals surface area (Å²) in [5, 5.41) is 5.80. The minimum Gasteiger partial charge on any atom is -0.335 e. The average Bonchev–Trinajstić information content (AvgIpc) is 2.76. The van der Waals surface area contributed by atoms with Crippen LogP contribution in [0.4, 0.5) is 10.1 Å². The van der Waals surface area contributed by atoms with Gasteiger partial charge < -0.3 is 4.90 Å². The molecule has 4 rings (SSSR count). The molecule has 0 aromatic heterocycles. The van der Waals surface area contributed by atoms with E-state index in [1.165, 1.54) is 17.1 Å². The molecule has 2 aromatic carbocycles. The molecule has 156 valence electrons. The number of benzene rings is 2. The van der Waals surface area contributed by atoms with Gasteiger partial charge in [-0.1, -0.05) is 30.3 Å². The van der Waals surface area contributed by atoms with E-state index in [0.29, 0.717) is 25.2 Å². The summed E-state index contributed by atoms with van der Waals surface area (Å²) >= 11 is 0. The predicted octanol–water partition coefficient (Wildman–Crippen LogP) is 2.96. The van der Waals surface area contributed by atoms with E-state index in [4.69, 9.17) is 0 Å². The van der Waals surface area contributed by atoms with Crippen LogP contribution in [-0.4, -0.2) is 53.5 Å². The first-order valence-electron chi connectivity index (χ1n) is 10.2. The van der Waals surface area contributed by atoms with Crippen LogP contribution in [-0.2, 0) is 16.1 Å². The van der Waals surface area contributed by atoms with E-state index in [-0.39, 0.29) is 24.1 Å². The van der Waals surface area contributed by atoms with Crippen molar-refractivity contribution in [1.82, 2.24) is 9.80 Å². The second-order valence-electron chi connectivity index (χ2n) is 7.73. The predicted molar refractivity (Wildman–Crippen MR) is 114 cm³/mol. The van der Waals surface area contributed by atoms with Gasteiger partial charge in [0.2, 0.25) is 5.91 Å². The first-order valence-corrected chi connectivity index (χ1v) is 10.2. The van der Waals surface area contributed by atoms with Crippen molar-refractivity contribution >= 4 is 23.2 Å². The number of hydrogen-bond donors (Lipinski definition) is 0. The smallest absolute Gasteiger partial charge is 0.270 e. The van der Waals surface area contributed by atoms with Crippen molar-refractivity contribution in [3.8, 4) is 0 Å². The minimum absolute atomic E-state index is 0.0926. The van der Waals surface area contributed by atoms with Crippen molar-refractivity contribution in [1.29, 1.82) is 0 Å². The molecular weight excluding hydrogens is 383 g/mol. The normalized spacial score (nSPS) is 17.8. The van der Waals surface area contributed by atoms with Crippen molar-refractivity contribution in [2.45, 2.75) is 26.3 Å². The van der Waals surface area contributed by atoms with E-state index in [2.05, 4.69) is 10.0 Å². The Hall–Kier alpha value is -3.06. The maximum atomic E-state index is 13.1. The molecule has 2 amide bonds. The number of nitrogens with zero attached hydrogens (tertiary/aromatic N) is 4. The molecule has 0 aliphatic carbocycles. The Bertz CT molecular complexity index is 965. The summed E-state index contributed by atoms with van der Waals surface area (Å²) in [6, 6.07) is 14.1. The van der Waals surface area contributed by atoms with Gasteiger partial charge in [0.1, 0.15) is 11.5 Å². The molecule has 2 aliphatic rings. The van der Waals surface area contributed by atoms with Crippen LogP contribution >= 0.6 is 0 Å². The molecule has 1 fully saturated rings. The number of para-hydroxylation sites is 1. The van der Waals surface area contributed by atoms with Crippen LogP contribution in [0.1, 0.15) is 24.0 Å². The molecule has 0 atom stereocenters. The fourth-order valence-electron chi connectivity index (χ4n) is 3.84. The molecule has 0 spiro atoms. The van der Waals surface area contributed by atoms with Gasteiger partial charge >= 0.3 is 0 Å². The van der Waals surface area contributed by atoms with E-state index >= 15 is 0 Å². The van der Waals surface area contributed by atoms with Crippen molar-refractivity contribution in [2.75, 3.05) is 31.2 Å². The summed E-state index contributed by atoms with van der Waals surface area (Å²) in [5.74, 6) is -0.423. The average molecular weight is 408 g/mol. The number of carbonyl (C=O) groups is 2. The summed E-state index contributed by atoms with van der Waals surface area (Å²) in [6.45, 7) is 5.37. The van der Waals surface area contributed by atoms with Crippen molar-refractivity contribution in [3.05, 3.63) is 65.5 Å². The van der Waals surface area contributed by atoms with Crippen molar-refractivity contribution < 1.29 is 14.0 Å². The van der Waals surface area contributed by atoms with Gasteiger partial charge in [-0.15, -0.1) is 0 Å². The zero-order valence-corrected chi connectivity index (χ0v) is 17.1. The summed E-state index contributed by atoms with van der Waals surface area (Å²) < 4.78 is 13.1. The van der Waals surface area contributed by atoms with E-state index < -0.39 is 0 Å². The molecule has 1 saturated heterocycles. The fourth-order valence-corrected chi connectivity index (χ4v) is 3.84. The maximum absolute atomic E-state index is 13.1. The number of rotatable bonds is 4. The molecule has 2 aromatic rings. The third-order valence-corrected chi connectivity index (χ3v) is 5.60. The molecule has 2 heterocycles. The van der Waals surface area contributed by atoms with Gasteiger partial charge in [-0.05, 0) is 36.2 Å². The minimum atomic E-state index is -0.236. The number of hydrazone groups is 1. The molecule has 0 unspecified atom stereocenters. The first-order chi connectivity index (χ1) is 14.5. The number of hydrogen-bond acceptors (Lipinski definition) is 4. The fraction of sp³-hybridized carbons (Fsp3) is 0.348. The molecule has 30 heavy (non-hydrogen) atoms. The van der Waals surface area contributed by atoms with Gasteiger partial charge in [0.15, 0.2) is 0 Å². The largest absolute Gasteiger partial charge is 0.335 e. The molecule has 6 nitrogen and oxygen atoms in total. The number of carbonyl (C=O) groups excluding carboxylic acids is 2. The third kappa shape index (κ3) is 4.41. The number of piperazine rings is 1. The molecule has 7 heteroatoms. The van der Waals surface area contributed by atoms with Gasteiger partial charge in [-0.3, -0.25) is 14.5 Å². The Labute approximate surface area is 175 Å². The molecule has 2 aliphatic heterocycles. The molecule has 0 saturated carbocycles.